The Morgan fingerprint density at radius 3 is 2.88 bits per heavy atom. The normalized spacial score (nSPS) is 20.8. The van der Waals surface area contributed by atoms with Gasteiger partial charge in [0.2, 0.25) is 0 Å². The zero-order valence-corrected chi connectivity index (χ0v) is 13.9. The molecule has 0 saturated heterocycles. The first-order valence-corrected chi connectivity index (χ1v) is 8.55. The Morgan fingerprint density at radius 2 is 2.04 bits per heavy atom. The number of para-hydroxylation sites is 1. The van der Waals surface area contributed by atoms with Crippen molar-refractivity contribution in [3.8, 4) is 11.3 Å². The van der Waals surface area contributed by atoms with Crippen molar-refractivity contribution in [3.05, 3.63) is 64.7 Å². The van der Waals surface area contributed by atoms with E-state index in [2.05, 4.69) is 12.1 Å². The Balaban J connectivity index is 1.74. The number of ether oxygens (including phenoxy) is 1. The highest BCUT2D eigenvalue weighted by Gasteiger charge is 2.44. The molecule has 1 aromatic heterocycles. The molecule has 2 heterocycles. The maximum atomic E-state index is 12.1. The van der Waals surface area contributed by atoms with Crippen molar-refractivity contribution in [2.24, 2.45) is 0 Å². The summed E-state index contributed by atoms with van der Waals surface area (Å²) in [7, 11) is 0. The highest BCUT2D eigenvalue weighted by Crippen LogP contribution is 2.44. The Hall–Kier alpha value is -2.72. The van der Waals surface area contributed by atoms with Crippen LogP contribution in [0.4, 0.5) is 0 Å². The van der Waals surface area contributed by atoms with Crippen LogP contribution in [0.2, 0.25) is 0 Å². The molecule has 3 aromatic rings. The molecule has 124 valence electrons. The number of pyridine rings is 1. The van der Waals surface area contributed by atoms with E-state index in [-0.39, 0.29) is 6.61 Å². The fraction of sp³-hybridized carbons (Fsp3) is 0.238. The average Bonchev–Trinajstić information content (AvgIpc) is 3.00. The van der Waals surface area contributed by atoms with E-state index in [1.54, 1.807) is 6.92 Å². The summed E-state index contributed by atoms with van der Waals surface area (Å²) in [5.41, 5.74) is 5.42. The SMILES string of the molecule is CC[C@@]1(O)C(=O)OCc2c1ccc1c2Cc2cc3ccccc3nc2-1. The molecule has 0 unspecified atom stereocenters. The Bertz CT molecular complexity index is 1060. The van der Waals surface area contributed by atoms with Gasteiger partial charge in [-0.2, -0.15) is 0 Å². The van der Waals surface area contributed by atoms with Gasteiger partial charge in [0.25, 0.3) is 0 Å². The molecule has 2 aliphatic rings. The van der Waals surface area contributed by atoms with Gasteiger partial charge in [0.1, 0.15) is 6.61 Å². The number of rotatable bonds is 1. The van der Waals surface area contributed by atoms with Gasteiger partial charge in [-0.1, -0.05) is 37.3 Å². The summed E-state index contributed by atoms with van der Waals surface area (Å²) >= 11 is 0. The number of benzene rings is 2. The molecule has 0 radical (unpaired) electrons. The topological polar surface area (TPSA) is 59.4 Å². The molecule has 1 aliphatic carbocycles. The third-order valence-corrected chi connectivity index (χ3v) is 5.50. The lowest BCUT2D eigenvalue weighted by Crippen LogP contribution is -2.41. The van der Waals surface area contributed by atoms with Crippen molar-refractivity contribution < 1.29 is 14.6 Å². The quantitative estimate of drug-likeness (QED) is 0.543. The second-order valence-electron chi connectivity index (χ2n) is 6.77. The molecule has 0 saturated carbocycles. The van der Waals surface area contributed by atoms with E-state index in [0.29, 0.717) is 12.0 Å². The molecule has 5 rings (SSSR count). The summed E-state index contributed by atoms with van der Waals surface area (Å²) in [6.07, 6.45) is 1.05. The molecule has 1 aliphatic heterocycles. The number of aromatic nitrogens is 1. The minimum atomic E-state index is -1.55. The van der Waals surface area contributed by atoms with Gasteiger partial charge in [-0.25, -0.2) is 9.78 Å². The van der Waals surface area contributed by atoms with Crippen LogP contribution >= 0.6 is 0 Å². The number of cyclic esters (lactones) is 1. The van der Waals surface area contributed by atoms with Gasteiger partial charge in [-0.15, -0.1) is 0 Å². The van der Waals surface area contributed by atoms with Crippen LogP contribution < -0.4 is 0 Å². The first-order valence-electron chi connectivity index (χ1n) is 8.55. The van der Waals surface area contributed by atoms with Gasteiger partial charge < -0.3 is 9.84 Å². The van der Waals surface area contributed by atoms with Crippen LogP contribution in [-0.2, 0) is 28.2 Å². The highest BCUT2D eigenvalue weighted by molar-refractivity contribution is 5.89. The molecular formula is C21H17NO3. The minimum absolute atomic E-state index is 0.215. The van der Waals surface area contributed by atoms with Crippen molar-refractivity contribution in [1.29, 1.82) is 0 Å². The number of hydrogen-bond donors (Lipinski definition) is 1. The lowest BCUT2D eigenvalue weighted by Gasteiger charge is -2.32. The second-order valence-corrected chi connectivity index (χ2v) is 6.77. The Labute approximate surface area is 145 Å². The fourth-order valence-electron chi connectivity index (χ4n) is 4.09. The predicted octanol–water partition coefficient (Wildman–Crippen LogP) is 3.46. The maximum absolute atomic E-state index is 12.1. The lowest BCUT2D eigenvalue weighted by molar-refractivity contribution is -0.172. The molecule has 0 spiro atoms. The number of carbonyl (C=O) groups is 1. The van der Waals surface area contributed by atoms with E-state index >= 15 is 0 Å². The fourth-order valence-corrected chi connectivity index (χ4v) is 4.09. The summed E-state index contributed by atoms with van der Waals surface area (Å²) < 4.78 is 5.30. The summed E-state index contributed by atoms with van der Waals surface area (Å²) in [4.78, 5) is 16.9. The predicted molar refractivity (Wildman–Crippen MR) is 94.0 cm³/mol. The van der Waals surface area contributed by atoms with Gasteiger partial charge in [0, 0.05) is 28.5 Å². The van der Waals surface area contributed by atoms with Crippen LogP contribution in [0.1, 0.15) is 35.6 Å². The summed E-state index contributed by atoms with van der Waals surface area (Å²) in [5, 5.41) is 11.9. The van der Waals surface area contributed by atoms with Crippen molar-refractivity contribution >= 4 is 16.9 Å². The van der Waals surface area contributed by atoms with E-state index in [1.807, 2.05) is 30.3 Å². The summed E-state index contributed by atoms with van der Waals surface area (Å²) in [5.74, 6) is -0.554. The number of nitrogens with zero attached hydrogens (tertiary/aromatic N) is 1. The first-order chi connectivity index (χ1) is 12.1. The molecule has 2 aromatic carbocycles. The number of esters is 1. The first kappa shape index (κ1) is 14.6. The van der Waals surface area contributed by atoms with Gasteiger partial charge in [-0.3, -0.25) is 0 Å². The van der Waals surface area contributed by atoms with Gasteiger partial charge in [0.05, 0.1) is 11.2 Å². The van der Waals surface area contributed by atoms with Crippen molar-refractivity contribution in [1.82, 2.24) is 4.98 Å². The molecule has 1 N–H and O–H groups in total. The summed E-state index contributed by atoms with van der Waals surface area (Å²) in [6, 6.07) is 14.1. The number of fused-ring (bicyclic) bond motifs is 6. The van der Waals surface area contributed by atoms with Gasteiger partial charge >= 0.3 is 5.97 Å². The second kappa shape index (κ2) is 4.90. The molecule has 25 heavy (non-hydrogen) atoms. The van der Waals surface area contributed by atoms with Crippen molar-refractivity contribution in [2.45, 2.75) is 32.0 Å². The average molecular weight is 331 g/mol. The number of hydrogen-bond acceptors (Lipinski definition) is 4. The Kier molecular flexibility index (Phi) is 2.86. The van der Waals surface area contributed by atoms with Crippen molar-refractivity contribution in [2.75, 3.05) is 0 Å². The molecule has 0 fully saturated rings. The van der Waals surface area contributed by atoms with E-state index in [0.717, 1.165) is 39.7 Å². The third-order valence-electron chi connectivity index (χ3n) is 5.50. The van der Waals surface area contributed by atoms with Gasteiger partial charge in [0.15, 0.2) is 5.60 Å². The molecule has 0 bridgehead atoms. The highest BCUT2D eigenvalue weighted by atomic mass is 16.6. The van der Waals surface area contributed by atoms with E-state index < -0.39 is 11.6 Å². The van der Waals surface area contributed by atoms with Crippen LogP contribution in [0.25, 0.3) is 22.2 Å². The number of aliphatic hydroxyl groups is 1. The minimum Gasteiger partial charge on any atom is -0.458 e. The molecule has 4 nitrogen and oxygen atoms in total. The lowest BCUT2D eigenvalue weighted by atomic mass is 9.83. The van der Waals surface area contributed by atoms with E-state index in [9.17, 15) is 9.90 Å². The smallest absolute Gasteiger partial charge is 0.343 e. The third kappa shape index (κ3) is 1.86. The van der Waals surface area contributed by atoms with Crippen LogP contribution in [-0.4, -0.2) is 16.1 Å². The zero-order valence-electron chi connectivity index (χ0n) is 13.9. The van der Waals surface area contributed by atoms with Crippen LogP contribution in [0.5, 0.6) is 0 Å². The van der Waals surface area contributed by atoms with Crippen LogP contribution in [0.3, 0.4) is 0 Å². The van der Waals surface area contributed by atoms with Crippen LogP contribution in [0.15, 0.2) is 42.5 Å². The molecule has 4 heteroatoms. The van der Waals surface area contributed by atoms with E-state index in [4.69, 9.17) is 9.72 Å². The molecule has 0 amide bonds. The Morgan fingerprint density at radius 1 is 1.20 bits per heavy atom. The largest absolute Gasteiger partial charge is 0.458 e. The zero-order chi connectivity index (χ0) is 17.2. The standard InChI is InChI=1S/C21H17NO3/c1-2-21(24)17-8-7-14-15(16(17)11-25-20(21)23)10-13-9-12-5-3-4-6-18(12)22-19(13)14/h3-9,24H,2,10-11H2,1H3/t21-/m0/s1. The summed E-state index contributed by atoms with van der Waals surface area (Å²) in [6.45, 7) is 2.01. The monoisotopic (exact) mass is 331 g/mol. The molecule has 1 atom stereocenters. The number of carbonyl (C=O) groups excluding carboxylic acids is 1. The van der Waals surface area contributed by atoms with Crippen molar-refractivity contribution in [3.63, 3.8) is 0 Å². The van der Waals surface area contributed by atoms with Crippen LogP contribution in [0, 0.1) is 0 Å². The van der Waals surface area contributed by atoms with E-state index in [1.165, 1.54) is 5.56 Å². The maximum Gasteiger partial charge on any atom is 0.343 e. The molecular weight excluding hydrogens is 314 g/mol. The van der Waals surface area contributed by atoms with Gasteiger partial charge in [-0.05, 0) is 29.7 Å².